The van der Waals surface area contributed by atoms with Crippen LogP contribution in [-0.2, 0) is 9.59 Å². The van der Waals surface area contributed by atoms with Crippen molar-refractivity contribution >= 4 is 40.9 Å². The topological polar surface area (TPSA) is 46.6 Å². The molecule has 1 aliphatic carbocycles. The van der Waals surface area contributed by atoms with Gasteiger partial charge in [0.15, 0.2) is 0 Å². The van der Waals surface area contributed by atoms with E-state index in [9.17, 15) is 9.59 Å². The van der Waals surface area contributed by atoms with Gasteiger partial charge in [0.25, 0.3) is 11.8 Å². The van der Waals surface area contributed by atoms with Crippen molar-refractivity contribution in [2.75, 3.05) is 17.1 Å². The van der Waals surface area contributed by atoms with Gasteiger partial charge >= 0.3 is 0 Å². The Balaban J connectivity index is 1.92. The molecule has 3 rings (SSSR count). The van der Waals surface area contributed by atoms with Crippen molar-refractivity contribution in [3.05, 3.63) is 34.4 Å². The van der Waals surface area contributed by atoms with Crippen LogP contribution in [0.1, 0.15) is 25.7 Å². The van der Waals surface area contributed by atoms with Crippen molar-refractivity contribution in [3.63, 3.8) is 0 Å². The number of ether oxygens (including phenoxy) is 1. The van der Waals surface area contributed by atoms with E-state index >= 15 is 0 Å². The fraction of sp³-hybridized carbons (Fsp3) is 0.375. The van der Waals surface area contributed by atoms with Crippen LogP contribution in [-0.4, -0.2) is 24.0 Å². The second-order valence-corrected chi connectivity index (χ2v) is 6.50. The van der Waals surface area contributed by atoms with Crippen molar-refractivity contribution < 1.29 is 14.3 Å². The minimum atomic E-state index is -0.196. The van der Waals surface area contributed by atoms with Gasteiger partial charge < -0.3 is 4.74 Å². The zero-order chi connectivity index (χ0) is 15.7. The minimum Gasteiger partial charge on any atom is -0.481 e. The number of benzene rings is 1. The van der Waals surface area contributed by atoms with Crippen LogP contribution < -0.4 is 9.64 Å². The van der Waals surface area contributed by atoms with E-state index in [0.717, 1.165) is 12.8 Å². The SMILES string of the molecule is CSCOc1cc(N2C(=O)C3=C(CCCC3)C2=O)ccc1Cl. The highest BCUT2D eigenvalue weighted by Gasteiger charge is 2.39. The smallest absolute Gasteiger partial charge is 0.261 e. The molecule has 6 heteroatoms. The second kappa shape index (κ2) is 6.34. The summed E-state index contributed by atoms with van der Waals surface area (Å²) in [5.74, 6) is 0.550. The summed E-state index contributed by atoms with van der Waals surface area (Å²) in [6, 6.07) is 5.00. The number of nitrogens with zero attached hydrogens (tertiary/aromatic N) is 1. The number of hydrogen-bond acceptors (Lipinski definition) is 4. The summed E-state index contributed by atoms with van der Waals surface area (Å²) in [4.78, 5) is 26.3. The molecule has 4 nitrogen and oxygen atoms in total. The number of thioether (sulfide) groups is 1. The number of hydrogen-bond donors (Lipinski definition) is 0. The monoisotopic (exact) mass is 337 g/mol. The van der Waals surface area contributed by atoms with Crippen LogP contribution in [0, 0.1) is 0 Å². The predicted octanol–water partition coefficient (Wildman–Crippen LogP) is 3.78. The van der Waals surface area contributed by atoms with Gasteiger partial charge in [-0.05, 0) is 44.1 Å². The van der Waals surface area contributed by atoms with Gasteiger partial charge in [-0.2, -0.15) is 0 Å². The molecule has 22 heavy (non-hydrogen) atoms. The Labute approximate surface area is 138 Å². The zero-order valence-electron chi connectivity index (χ0n) is 12.2. The summed E-state index contributed by atoms with van der Waals surface area (Å²) in [5.41, 5.74) is 1.88. The molecule has 0 spiro atoms. The van der Waals surface area contributed by atoms with Crippen molar-refractivity contribution in [2.45, 2.75) is 25.7 Å². The van der Waals surface area contributed by atoms with E-state index in [0.29, 0.717) is 46.4 Å². The zero-order valence-corrected chi connectivity index (χ0v) is 13.8. The van der Waals surface area contributed by atoms with Crippen LogP contribution in [0.5, 0.6) is 5.75 Å². The molecule has 0 unspecified atom stereocenters. The fourth-order valence-electron chi connectivity index (χ4n) is 2.84. The van der Waals surface area contributed by atoms with Crippen molar-refractivity contribution in [1.82, 2.24) is 0 Å². The molecule has 1 aliphatic heterocycles. The molecule has 2 aliphatic rings. The van der Waals surface area contributed by atoms with E-state index in [-0.39, 0.29) is 11.8 Å². The summed E-state index contributed by atoms with van der Waals surface area (Å²) >= 11 is 7.62. The predicted molar refractivity (Wildman–Crippen MR) is 88.4 cm³/mol. The normalized spacial score (nSPS) is 18.0. The molecule has 0 atom stereocenters. The maximum Gasteiger partial charge on any atom is 0.261 e. The number of rotatable bonds is 4. The van der Waals surface area contributed by atoms with Crippen molar-refractivity contribution in [3.8, 4) is 5.75 Å². The van der Waals surface area contributed by atoms with Crippen LogP contribution in [0.4, 0.5) is 5.69 Å². The lowest BCUT2D eigenvalue weighted by Crippen LogP contribution is -2.31. The van der Waals surface area contributed by atoms with Crippen molar-refractivity contribution in [1.29, 1.82) is 0 Å². The largest absolute Gasteiger partial charge is 0.481 e. The third kappa shape index (κ3) is 2.63. The number of carbonyl (C=O) groups excluding carboxylic acids is 2. The summed E-state index contributed by atoms with van der Waals surface area (Å²) in [5, 5.41) is 0.467. The van der Waals surface area contributed by atoms with Crippen LogP contribution in [0.2, 0.25) is 5.02 Å². The summed E-state index contributed by atoms with van der Waals surface area (Å²) in [6.45, 7) is 0. The number of anilines is 1. The first-order valence-electron chi connectivity index (χ1n) is 7.15. The molecule has 0 fully saturated rings. The molecule has 1 aromatic rings. The first-order chi connectivity index (χ1) is 10.6. The van der Waals surface area contributed by atoms with Crippen LogP contribution in [0.15, 0.2) is 29.3 Å². The molecule has 1 aromatic carbocycles. The van der Waals surface area contributed by atoms with Crippen LogP contribution in [0.3, 0.4) is 0 Å². The quantitative estimate of drug-likeness (QED) is 0.619. The summed E-state index contributed by atoms with van der Waals surface area (Å²) < 4.78 is 5.54. The third-order valence-electron chi connectivity index (χ3n) is 3.90. The van der Waals surface area contributed by atoms with Gasteiger partial charge in [0.1, 0.15) is 11.7 Å². The highest BCUT2D eigenvalue weighted by molar-refractivity contribution is 7.98. The number of imide groups is 1. The van der Waals surface area contributed by atoms with E-state index in [1.807, 2.05) is 6.26 Å². The number of carbonyl (C=O) groups is 2. The molecule has 0 radical (unpaired) electrons. The Kier molecular flexibility index (Phi) is 4.45. The van der Waals surface area contributed by atoms with Crippen molar-refractivity contribution in [2.24, 2.45) is 0 Å². The fourth-order valence-corrected chi connectivity index (χ4v) is 3.26. The highest BCUT2D eigenvalue weighted by atomic mass is 35.5. The Hall–Kier alpha value is -1.46. The average Bonchev–Trinajstić information content (AvgIpc) is 2.79. The Bertz CT molecular complexity index is 643. The Morgan fingerprint density at radius 3 is 2.41 bits per heavy atom. The van der Waals surface area contributed by atoms with Gasteiger partial charge in [-0.15, -0.1) is 11.8 Å². The molecule has 0 saturated carbocycles. The summed E-state index contributed by atoms with van der Waals surface area (Å²) in [7, 11) is 0. The van der Waals surface area contributed by atoms with E-state index in [2.05, 4.69) is 0 Å². The van der Waals surface area contributed by atoms with Crippen LogP contribution in [0.25, 0.3) is 0 Å². The maximum absolute atomic E-state index is 12.5. The van der Waals surface area contributed by atoms with Gasteiger partial charge in [-0.3, -0.25) is 9.59 Å². The molecular weight excluding hydrogens is 322 g/mol. The average molecular weight is 338 g/mol. The maximum atomic E-state index is 12.5. The van der Waals surface area contributed by atoms with E-state index in [4.69, 9.17) is 16.3 Å². The Morgan fingerprint density at radius 1 is 1.18 bits per heavy atom. The lowest BCUT2D eigenvalue weighted by atomic mass is 9.93. The molecule has 116 valence electrons. The lowest BCUT2D eigenvalue weighted by molar-refractivity contribution is -0.120. The standard InChI is InChI=1S/C16H16ClNO3S/c1-22-9-21-14-8-10(6-7-13(14)17)18-15(19)11-4-2-3-5-12(11)16(18)20/h6-8H,2-5,9H2,1H3. The van der Waals surface area contributed by atoms with Gasteiger partial charge in [-0.1, -0.05) is 11.6 Å². The number of halogens is 1. The number of amides is 2. The molecule has 0 aromatic heterocycles. The highest BCUT2D eigenvalue weighted by Crippen LogP contribution is 2.38. The molecule has 1 heterocycles. The second-order valence-electron chi connectivity index (χ2n) is 5.28. The van der Waals surface area contributed by atoms with E-state index in [1.54, 1.807) is 18.2 Å². The first-order valence-corrected chi connectivity index (χ1v) is 8.92. The van der Waals surface area contributed by atoms with E-state index in [1.165, 1.54) is 16.7 Å². The van der Waals surface area contributed by atoms with Gasteiger partial charge in [0.05, 0.1) is 10.7 Å². The van der Waals surface area contributed by atoms with Gasteiger partial charge in [-0.25, -0.2) is 4.90 Å². The van der Waals surface area contributed by atoms with Gasteiger partial charge in [0, 0.05) is 17.2 Å². The molecule has 0 bridgehead atoms. The molecule has 0 N–H and O–H groups in total. The molecule has 0 saturated heterocycles. The van der Waals surface area contributed by atoms with E-state index < -0.39 is 0 Å². The Morgan fingerprint density at radius 2 is 1.82 bits per heavy atom. The summed E-state index contributed by atoms with van der Waals surface area (Å²) in [6.07, 6.45) is 5.24. The van der Waals surface area contributed by atoms with Crippen LogP contribution >= 0.6 is 23.4 Å². The minimum absolute atomic E-state index is 0.196. The van der Waals surface area contributed by atoms with Gasteiger partial charge in [0.2, 0.25) is 0 Å². The molecule has 2 amide bonds. The third-order valence-corrected chi connectivity index (χ3v) is 4.56. The molecular formula is C16H16ClNO3S. The first kappa shape index (κ1) is 15.4. The lowest BCUT2D eigenvalue weighted by Gasteiger charge is -2.17.